The highest BCUT2D eigenvalue weighted by Crippen LogP contribution is 2.30. The topological polar surface area (TPSA) is 185 Å². The lowest BCUT2D eigenvalue weighted by molar-refractivity contribution is -0.140. The molecule has 12 nitrogen and oxygen atoms in total. The SMILES string of the molecule is O=C(O)CCc1ccc(O)c(CN(CCN(CC(=O)O)Cc2cc(CCC(=O)Oc3c(F)c(F)c(F)c(F)c3F)ccc2O)CC(=O)O)c1. The first-order valence-corrected chi connectivity index (χ1v) is 14.5. The molecule has 0 amide bonds. The van der Waals surface area contributed by atoms with Gasteiger partial charge in [0.25, 0.3) is 0 Å². The van der Waals surface area contributed by atoms with E-state index in [1.54, 1.807) is 6.07 Å². The van der Waals surface area contributed by atoms with E-state index in [2.05, 4.69) is 4.74 Å². The summed E-state index contributed by atoms with van der Waals surface area (Å²) in [4.78, 5) is 49.1. The molecule has 49 heavy (non-hydrogen) atoms. The molecule has 0 aromatic heterocycles. The van der Waals surface area contributed by atoms with E-state index in [1.165, 1.54) is 40.1 Å². The van der Waals surface area contributed by atoms with Crippen molar-refractivity contribution in [1.29, 1.82) is 0 Å². The van der Waals surface area contributed by atoms with Crippen molar-refractivity contribution >= 4 is 23.9 Å². The number of hydrogen-bond donors (Lipinski definition) is 5. The number of aliphatic carboxylic acids is 3. The molecule has 0 atom stereocenters. The zero-order valence-corrected chi connectivity index (χ0v) is 25.6. The predicted molar refractivity (Wildman–Crippen MR) is 158 cm³/mol. The van der Waals surface area contributed by atoms with Gasteiger partial charge in [0.2, 0.25) is 34.8 Å². The molecule has 17 heteroatoms. The maximum Gasteiger partial charge on any atom is 0.317 e. The smallest absolute Gasteiger partial charge is 0.317 e. The van der Waals surface area contributed by atoms with E-state index in [0.717, 1.165) is 0 Å². The van der Waals surface area contributed by atoms with Gasteiger partial charge in [-0.05, 0) is 36.1 Å². The third-order valence-corrected chi connectivity index (χ3v) is 7.16. The molecular weight excluding hydrogens is 667 g/mol. The second-order valence-corrected chi connectivity index (χ2v) is 10.9. The van der Waals surface area contributed by atoms with Crippen LogP contribution in [0.25, 0.3) is 0 Å². The molecule has 0 radical (unpaired) electrons. The van der Waals surface area contributed by atoms with Gasteiger partial charge in [-0.2, -0.15) is 8.78 Å². The van der Waals surface area contributed by atoms with Gasteiger partial charge in [-0.25, -0.2) is 13.2 Å². The van der Waals surface area contributed by atoms with Gasteiger partial charge < -0.3 is 30.3 Å². The second-order valence-electron chi connectivity index (χ2n) is 10.9. The first-order valence-electron chi connectivity index (χ1n) is 14.5. The van der Waals surface area contributed by atoms with Crippen molar-refractivity contribution in [3.05, 3.63) is 87.7 Å². The molecule has 0 unspecified atom stereocenters. The van der Waals surface area contributed by atoms with Crippen LogP contribution in [0.15, 0.2) is 36.4 Å². The van der Waals surface area contributed by atoms with Crippen molar-refractivity contribution in [3.8, 4) is 17.2 Å². The molecule has 0 saturated carbocycles. The van der Waals surface area contributed by atoms with E-state index in [-0.39, 0.29) is 62.5 Å². The number of carboxylic acids is 3. The summed E-state index contributed by atoms with van der Waals surface area (Å²) in [6, 6.07) is 8.44. The minimum absolute atomic E-state index is 0.0254. The molecule has 0 aliphatic rings. The third kappa shape index (κ3) is 11.1. The number of benzene rings is 3. The Morgan fingerprint density at radius 2 is 1.00 bits per heavy atom. The van der Waals surface area contributed by atoms with Gasteiger partial charge in [-0.1, -0.05) is 24.3 Å². The number of hydrogen-bond acceptors (Lipinski definition) is 9. The van der Waals surface area contributed by atoms with Crippen LogP contribution in [0.3, 0.4) is 0 Å². The standard InChI is InChI=1S/C32H31F5N2O10/c33-27-28(34)30(36)32(31(37)29(27)35)49-26(48)8-4-18-2-6-22(41)20(12-18)14-39(16-25(46)47)10-9-38(15-24(44)45)13-19-11-17(1-5-21(19)40)3-7-23(42)43/h1-2,5-6,11-12,40-41H,3-4,7-10,13-16H2,(H,42,43)(H,44,45)(H,46,47). The van der Waals surface area contributed by atoms with Gasteiger partial charge in [0.1, 0.15) is 11.5 Å². The van der Waals surface area contributed by atoms with Crippen LogP contribution in [0.2, 0.25) is 0 Å². The predicted octanol–water partition coefficient (Wildman–Crippen LogP) is 3.82. The van der Waals surface area contributed by atoms with Crippen LogP contribution >= 0.6 is 0 Å². The maximum absolute atomic E-state index is 13.9. The zero-order valence-electron chi connectivity index (χ0n) is 25.6. The van der Waals surface area contributed by atoms with Crippen LogP contribution in [0, 0.1) is 29.1 Å². The van der Waals surface area contributed by atoms with Gasteiger partial charge in [0, 0.05) is 50.1 Å². The number of phenols is 2. The molecule has 0 fully saturated rings. The van der Waals surface area contributed by atoms with Gasteiger partial charge in [0.15, 0.2) is 0 Å². The summed E-state index contributed by atoms with van der Waals surface area (Å²) in [6.07, 6.45) is -0.758. The quantitative estimate of drug-likeness (QED) is 0.0426. The molecule has 5 N–H and O–H groups in total. The Labute approximate surface area is 275 Å². The molecule has 0 aliphatic carbocycles. The summed E-state index contributed by atoms with van der Waals surface area (Å²) in [6.45, 7) is -1.38. The minimum Gasteiger partial charge on any atom is -0.508 e. The lowest BCUT2D eigenvalue weighted by atomic mass is 10.0. The number of aromatic hydroxyl groups is 2. The fourth-order valence-electron chi connectivity index (χ4n) is 4.75. The van der Waals surface area contributed by atoms with E-state index in [1.807, 2.05) is 0 Å². The molecule has 0 heterocycles. The highest BCUT2D eigenvalue weighted by atomic mass is 19.2. The van der Waals surface area contributed by atoms with Gasteiger partial charge in [-0.15, -0.1) is 0 Å². The molecular formula is C32H31F5N2O10. The third-order valence-electron chi connectivity index (χ3n) is 7.16. The summed E-state index contributed by atoms with van der Waals surface area (Å²) in [5, 5.41) is 48.7. The fraction of sp³-hybridized carbons (Fsp3) is 0.312. The van der Waals surface area contributed by atoms with Crippen LogP contribution in [0.4, 0.5) is 22.0 Å². The fourth-order valence-corrected chi connectivity index (χ4v) is 4.75. The van der Waals surface area contributed by atoms with Crippen LogP contribution < -0.4 is 4.74 Å². The number of aryl methyl sites for hydroxylation is 2. The monoisotopic (exact) mass is 698 g/mol. The summed E-state index contributed by atoms with van der Waals surface area (Å²) in [5.41, 5.74) is 1.45. The molecule has 264 valence electrons. The van der Waals surface area contributed by atoms with Crippen molar-refractivity contribution in [1.82, 2.24) is 9.80 Å². The van der Waals surface area contributed by atoms with E-state index < -0.39 is 78.2 Å². The summed E-state index contributed by atoms with van der Waals surface area (Å²) in [7, 11) is 0. The van der Waals surface area contributed by atoms with E-state index in [9.17, 15) is 61.6 Å². The molecule has 0 spiro atoms. The molecule has 0 aliphatic heterocycles. The van der Waals surface area contributed by atoms with Crippen LogP contribution in [0.5, 0.6) is 17.2 Å². The van der Waals surface area contributed by atoms with Crippen molar-refractivity contribution in [2.45, 2.75) is 38.8 Å². The number of ether oxygens (including phenoxy) is 1. The number of carbonyl (C=O) groups excluding carboxylic acids is 1. The highest BCUT2D eigenvalue weighted by Gasteiger charge is 2.28. The Hall–Kier alpha value is -5.29. The number of carboxylic acid groups (broad SMARTS) is 3. The lowest BCUT2D eigenvalue weighted by Crippen LogP contribution is -2.39. The van der Waals surface area contributed by atoms with E-state index >= 15 is 0 Å². The number of rotatable bonds is 18. The zero-order chi connectivity index (χ0) is 36.4. The average Bonchev–Trinajstić information content (AvgIpc) is 3.03. The second kappa shape index (κ2) is 17.2. The van der Waals surface area contributed by atoms with Gasteiger partial charge >= 0.3 is 23.9 Å². The minimum atomic E-state index is -2.42. The normalized spacial score (nSPS) is 11.2. The number of carbonyl (C=O) groups is 4. The van der Waals surface area contributed by atoms with E-state index in [4.69, 9.17) is 5.11 Å². The summed E-state index contributed by atoms with van der Waals surface area (Å²) >= 11 is 0. The van der Waals surface area contributed by atoms with Gasteiger partial charge in [0.05, 0.1) is 13.1 Å². The number of esters is 1. The van der Waals surface area contributed by atoms with Crippen molar-refractivity contribution in [3.63, 3.8) is 0 Å². The Balaban J connectivity index is 1.71. The highest BCUT2D eigenvalue weighted by molar-refractivity contribution is 5.73. The number of halogens is 5. The van der Waals surface area contributed by atoms with Crippen molar-refractivity contribution < 1.29 is 71.4 Å². The Kier molecular flexibility index (Phi) is 13.4. The largest absolute Gasteiger partial charge is 0.508 e. The Morgan fingerprint density at radius 1 is 0.592 bits per heavy atom. The molecule has 3 aromatic rings. The Morgan fingerprint density at radius 3 is 1.41 bits per heavy atom. The molecule has 0 bridgehead atoms. The van der Waals surface area contributed by atoms with Crippen molar-refractivity contribution in [2.75, 3.05) is 26.2 Å². The van der Waals surface area contributed by atoms with Crippen LogP contribution in [-0.2, 0) is 45.1 Å². The molecule has 3 aromatic carbocycles. The lowest BCUT2D eigenvalue weighted by Gasteiger charge is -2.26. The Bertz CT molecular complexity index is 1690. The van der Waals surface area contributed by atoms with E-state index in [0.29, 0.717) is 16.7 Å². The van der Waals surface area contributed by atoms with Crippen molar-refractivity contribution in [2.24, 2.45) is 0 Å². The molecule has 3 rings (SSSR count). The van der Waals surface area contributed by atoms with Gasteiger partial charge in [-0.3, -0.25) is 29.0 Å². The summed E-state index contributed by atoms with van der Waals surface area (Å²) < 4.78 is 72.3. The average molecular weight is 699 g/mol. The maximum atomic E-state index is 13.9. The van der Waals surface area contributed by atoms with Crippen LogP contribution in [-0.4, -0.2) is 85.4 Å². The first kappa shape index (κ1) is 38.2. The number of nitrogens with zero attached hydrogens (tertiary/aromatic N) is 2. The summed E-state index contributed by atoms with van der Waals surface area (Å²) in [5.74, 6) is -18.6. The first-order chi connectivity index (χ1) is 23.0. The number of phenolic OH excluding ortho intramolecular Hbond substituents is 2. The molecule has 0 saturated heterocycles. The van der Waals surface area contributed by atoms with Crippen LogP contribution in [0.1, 0.15) is 35.1 Å².